The van der Waals surface area contributed by atoms with E-state index in [2.05, 4.69) is 10.6 Å². The van der Waals surface area contributed by atoms with E-state index >= 15 is 0 Å². The molecule has 1 unspecified atom stereocenters. The van der Waals surface area contributed by atoms with Crippen LogP contribution in [0, 0.1) is 0 Å². The highest BCUT2D eigenvalue weighted by Gasteiger charge is 2.34. The molecule has 1 aliphatic heterocycles. The molecule has 2 aromatic rings. The lowest BCUT2D eigenvalue weighted by atomic mass is 10.1. The maximum atomic E-state index is 12.9. The second kappa shape index (κ2) is 13.4. The van der Waals surface area contributed by atoms with Gasteiger partial charge in [-0.25, -0.2) is 0 Å². The molecular formula is C26H31N3O5S. The Hall–Kier alpha value is -3.46. The molecule has 186 valence electrons. The third-order valence-electron chi connectivity index (χ3n) is 5.48. The van der Waals surface area contributed by atoms with Crippen LogP contribution in [0.2, 0.25) is 0 Å². The Labute approximate surface area is 211 Å². The molecule has 0 aliphatic carbocycles. The average Bonchev–Trinajstić information content (AvgIpc) is 2.87. The third-order valence-corrected chi connectivity index (χ3v) is 5.82. The van der Waals surface area contributed by atoms with Crippen molar-refractivity contribution in [3.05, 3.63) is 65.7 Å². The van der Waals surface area contributed by atoms with E-state index in [0.29, 0.717) is 37.4 Å². The summed E-state index contributed by atoms with van der Waals surface area (Å²) in [5.74, 6) is -0.796. The Morgan fingerprint density at radius 1 is 1.11 bits per heavy atom. The molecule has 1 aliphatic rings. The van der Waals surface area contributed by atoms with Gasteiger partial charge in [0, 0.05) is 13.1 Å². The topological polar surface area (TPSA) is 97.0 Å². The summed E-state index contributed by atoms with van der Waals surface area (Å²) in [6, 6.07) is 16.0. The highest BCUT2D eigenvalue weighted by Crippen LogP contribution is 2.19. The van der Waals surface area contributed by atoms with Crippen LogP contribution in [0.5, 0.6) is 5.75 Å². The maximum absolute atomic E-state index is 12.9. The molecule has 8 nitrogen and oxygen atoms in total. The molecule has 0 aromatic heterocycles. The van der Waals surface area contributed by atoms with Gasteiger partial charge < -0.3 is 19.7 Å². The standard InChI is InChI=1S/C26H31N3O5S/c1-2-16-33-22-13-7-6-12-20(22)24(31)28-26(35)29-15-14-27-25(32)21(29)18-23(30)34-17-8-11-19-9-4-3-5-10-19/h3-7,9-10,12-13,21H,2,8,11,14-18H2,1H3,(H,27,32)(H,28,31,35). The maximum Gasteiger partial charge on any atom is 0.308 e. The smallest absolute Gasteiger partial charge is 0.308 e. The lowest BCUT2D eigenvalue weighted by molar-refractivity contribution is -0.147. The van der Waals surface area contributed by atoms with Crippen LogP contribution >= 0.6 is 12.2 Å². The van der Waals surface area contributed by atoms with Gasteiger partial charge in [-0.1, -0.05) is 49.4 Å². The predicted octanol–water partition coefficient (Wildman–Crippen LogP) is 2.86. The quantitative estimate of drug-likeness (QED) is 0.296. The summed E-state index contributed by atoms with van der Waals surface area (Å²) in [7, 11) is 0. The molecule has 2 amide bonds. The minimum atomic E-state index is -0.857. The number of para-hydroxylation sites is 1. The number of aryl methyl sites for hydroxylation is 1. The highest BCUT2D eigenvalue weighted by molar-refractivity contribution is 7.80. The zero-order valence-electron chi connectivity index (χ0n) is 19.8. The van der Waals surface area contributed by atoms with E-state index in [0.717, 1.165) is 12.8 Å². The molecule has 2 aromatic carbocycles. The van der Waals surface area contributed by atoms with E-state index in [1.165, 1.54) is 5.56 Å². The fourth-order valence-electron chi connectivity index (χ4n) is 3.71. The van der Waals surface area contributed by atoms with Crippen LogP contribution < -0.4 is 15.4 Å². The number of ether oxygens (including phenoxy) is 2. The zero-order valence-corrected chi connectivity index (χ0v) is 20.6. The van der Waals surface area contributed by atoms with Crippen molar-refractivity contribution in [1.82, 2.24) is 15.5 Å². The zero-order chi connectivity index (χ0) is 25.0. The third kappa shape index (κ3) is 7.78. The first-order chi connectivity index (χ1) is 17.0. The summed E-state index contributed by atoms with van der Waals surface area (Å²) in [5.41, 5.74) is 1.52. The number of esters is 1. The van der Waals surface area contributed by atoms with Gasteiger partial charge in [0.2, 0.25) is 5.91 Å². The molecule has 9 heteroatoms. The Kier molecular flexibility index (Phi) is 10.0. The van der Waals surface area contributed by atoms with Gasteiger partial charge in [0.15, 0.2) is 5.11 Å². The van der Waals surface area contributed by atoms with Crippen molar-refractivity contribution in [2.75, 3.05) is 26.3 Å². The summed E-state index contributed by atoms with van der Waals surface area (Å²) < 4.78 is 11.0. The Morgan fingerprint density at radius 2 is 1.86 bits per heavy atom. The van der Waals surface area contributed by atoms with Crippen molar-refractivity contribution in [3.63, 3.8) is 0 Å². The lowest BCUT2D eigenvalue weighted by Crippen LogP contribution is -2.60. The second-order valence-corrected chi connectivity index (χ2v) is 8.50. The first kappa shape index (κ1) is 26.2. The summed E-state index contributed by atoms with van der Waals surface area (Å²) in [6.07, 6.45) is 2.12. The highest BCUT2D eigenvalue weighted by atomic mass is 32.1. The fourth-order valence-corrected chi connectivity index (χ4v) is 4.02. The summed E-state index contributed by atoms with van der Waals surface area (Å²) in [5, 5.41) is 5.51. The van der Waals surface area contributed by atoms with E-state index in [9.17, 15) is 14.4 Å². The molecule has 1 saturated heterocycles. The number of carbonyl (C=O) groups excluding carboxylic acids is 3. The first-order valence-electron chi connectivity index (χ1n) is 11.8. The SMILES string of the molecule is CCCOc1ccccc1C(=O)NC(=S)N1CCNC(=O)C1CC(=O)OCCCc1ccccc1. The molecule has 0 spiro atoms. The van der Waals surface area contributed by atoms with E-state index < -0.39 is 17.9 Å². The van der Waals surface area contributed by atoms with Crippen molar-refractivity contribution in [3.8, 4) is 5.75 Å². The summed E-state index contributed by atoms with van der Waals surface area (Å²) in [4.78, 5) is 39.4. The van der Waals surface area contributed by atoms with Crippen LogP contribution in [-0.4, -0.2) is 60.1 Å². The van der Waals surface area contributed by atoms with E-state index in [1.54, 1.807) is 29.2 Å². The van der Waals surface area contributed by atoms with Crippen LogP contribution in [0.3, 0.4) is 0 Å². The molecule has 1 fully saturated rings. The van der Waals surface area contributed by atoms with Gasteiger partial charge in [-0.2, -0.15) is 0 Å². The molecule has 2 N–H and O–H groups in total. The van der Waals surface area contributed by atoms with Crippen LogP contribution in [0.25, 0.3) is 0 Å². The van der Waals surface area contributed by atoms with Crippen LogP contribution in [0.4, 0.5) is 0 Å². The molecular weight excluding hydrogens is 466 g/mol. The van der Waals surface area contributed by atoms with Gasteiger partial charge >= 0.3 is 5.97 Å². The minimum Gasteiger partial charge on any atom is -0.493 e. The molecule has 0 saturated carbocycles. The van der Waals surface area contributed by atoms with E-state index in [4.69, 9.17) is 21.7 Å². The number of thiocarbonyl (C=S) groups is 1. The predicted molar refractivity (Wildman–Crippen MR) is 136 cm³/mol. The number of rotatable bonds is 10. The number of piperazine rings is 1. The monoisotopic (exact) mass is 497 g/mol. The van der Waals surface area contributed by atoms with Crippen molar-refractivity contribution in [1.29, 1.82) is 0 Å². The first-order valence-corrected chi connectivity index (χ1v) is 12.2. The Morgan fingerprint density at radius 3 is 2.63 bits per heavy atom. The fraction of sp³-hybridized carbons (Fsp3) is 0.385. The summed E-state index contributed by atoms with van der Waals surface area (Å²) in [6.45, 7) is 3.44. The van der Waals surface area contributed by atoms with Gasteiger partial charge in [0.25, 0.3) is 5.91 Å². The average molecular weight is 498 g/mol. The second-order valence-electron chi connectivity index (χ2n) is 8.12. The molecule has 3 rings (SSSR count). The van der Waals surface area contributed by atoms with Gasteiger partial charge in [0.1, 0.15) is 11.8 Å². The van der Waals surface area contributed by atoms with Crippen LogP contribution in [0.15, 0.2) is 54.6 Å². The Bertz CT molecular complexity index is 1030. The number of hydrogen-bond acceptors (Lipinski definition) is 6. The van der Waals surface area contributed by atoms with Crippen LogP contribution in [-0.2, 0) is 20.7 Å². The molecule has 1 heterocycles. The van der Waals surface area contributed by atoms with Crippen molar-refractivity contribution < 1.29 is 23.9 Å². The number of carbonyl (C=O) groups is 3. The van der Waals surface area contributed by atoms with Crippen LogP contribution in [0.1, 0.15) is 42.1 Å². The number of nitrogens with one attached hydrogen (secondary N) is 2. The number of amides is 2. The molecule has 35 heavy (non-hydrogen) atoms. The molecule has 0 bridgehead atoms. The molecule has 0 radical (unpaired) electrons. The summed E-state index contributed by atoms with van der Waals surface area (Å²) >= 11 is 5.45. The van der Waals surface area contributed by atoms with Crippen molar-refractivity contribution in [2.45, 2.75) is 38.6 Å². The Balaban J connectivity index is 1.55. The number of benzene rings is 2. The van der Waals surface area contributed by atoms with Gasteiger partial charge in [-0.05, 0) is 49.2 Å². The van der Waals surface area contributed by atoms with E-state index in [-0.39, 0.29) is 24.0 Å². The number of hydrogen-bond donors (Lipinski definition) is 2. The largest absolute Gasteiger partial charge is 0.493 e. The normalized spacial score (nSPS) is 15.2. The van der Waals surface area contributed by atoms with E-state index in [1.807, 2.05) is 37.3 Å². The van der Waals surface area contributed by atoms with Crippen molar-refractivity contribution >= 4 is 35.1 Å². The minimum absolute atomic E-state index is 0.0806. The van der Waals surface area contributed by atoms with Gasteiger partial charge in [-0.15, -0.1) is 0 Å². The lowest BCUT2D eigenvalue weighted by Gasteiger charge is -2.36. The molecule has 1 atom stereocenters. The number of nitrogens with zero attached hydrogens (tertiary/aromatic N) is 1. The van der Waals surface area contributed by atoms with Gasteiger partial charge in [-0.3, -0.25) is 19.7 Å². The van der Waals surface area contributed by atoms with Crippen molar-refractivity contribution in [2.24, 2.45) is 0 Å². The van der Waals surface area contributed by atoms with Gasteiger partial charge in [0.05, 0.1) is 25.2 Å².